The Bertz CT molecular complexity index is 737. The van der Waals surface area contributed by atoms with Crippen LogP contribution in [0.2, 0.25) is 0 Å². The average molecular weight is 342 g/mol. The summed E-state index contributed by atoms with van der Waals surface area (Å²) >= 11 is 0. The number of hydrogen-bond acceptors (Lipinski definition) is 8. The van der Waals surface area contributed by atoms with E-state index in [1.54, 1.807) is 0 Å². The van der Waals surface area contributed by atoms with Gasteiger partial charge < -0.3 is 19.3 Å². The molecular formula is C14H18N2O8. The minimum Gasteiger partial charge on any atom is -0.463 e. The summed E-state index contributed by atoms with van der Waals surface area (Å²) in [5.41, 5.74) is -1.42. The molecular weight excluding hydrogens is 324 g/mol. The first kappa shape index (κ1) is 17.9. The minimum absolute atomic E-state index is 0.00864. The first-order valence-corrected chi connectivity index (χ1v) is 7.23. The Kier molecular flexibility index (Phi) is 5.52. The quantitative estimate of drug-likeness (QED) is 0.637. The number of carbonyl (C=O) groups is 2. The molecule has 0 radical (unpaired) electrons. The average Bonchev–Trinajstić information content (AvgIpc) is 2.87. The van der Waals surface area contributed by atoms with Crippen molar-refractivity contribution in [3.63, 3.8) is 0 Å². The number of rotatable bonds is 5. The molecule has 10 nitrogen and oxygen atoms in total. The predicted molar refractivity (Wildman–Crippen MR) is 78.0 cm³/mol. The summed E-state index contributed by atoms with van der Waals surface area (Å²) in [7, 11) is 0. The second kappa shape index (κ2) is 7.41. The molecule has 0 aromatic carbocycles. The third kappa shape index (κ3) is 4.09. The van der Waals surface area contributed by atoms with Gasteiger partial charge in [0.2, 0.25) is 0 Å². The van der Waals surface area contributed by atoms with Gasteiger partial charge in [-0.05, 0) is 0 Å². The lowest BCUT2D eigenvalue weighted by atomic mass is 10.2. The Labute approximate surface area is 136 Å². The fourth-order valence-electron chi connectivity index (χ4n) is 2.41. The van der Waals surface area contributed by atoms with Gasteiger partial charge in [0, 0.05) is 26.5 Å². The summed E-state index contributed by atoms with van der Waals surface area (Å²) in [4.78, 5) is 47.7. The van der Waals surface area contributed by atoms with Crippen LogP contribution in [-0.4, -0.2) is 45.4 Å². The molecule has 24 heavy (non-hydrogen) atoms. The van der Waals surface area contributed by atoms with Crippen LogP contribution in [0.25, 0.3) is 0 Å². The number of H-pyrrole nitrogens is 1. The molecule has 1 aromatic rings. The second-order valence-electron chi connectivity index (χ2n) is 5.29. The van der Waals surface area contributed by atoms with E-state index < -0.39 is 48.2 Å². The Balaban J connectivity index is 2.25. The fourth-order valence-corrected chi connectivity index (χ4v) is 2.41. The van der Waals surface area contributed by atoms with E-state index >= 15 is 0 Å². The second-order valence-corrected chi connectivity index (χ2v) is 5.29. The van der Waals surface area contributed by atoms with Crippen LogP contribution in [0.4, 0.5) is 0 Å². The first-order valence-electron chi connectivity index (χ1n) is 7.23. The summed E-state index contributed by atoms with van der Waals surface area (Å²) in [5, 5.41) is 9.14. The van der Waals surface area contributed by atoms with Crippen LogP contribution in [0.15, 0.2) is 15.8 Å². The number of aromatic nitrogens is 2. The topological polar surface area (TPSA) is 137 Å². The number of aromatic amines is 1. The van der Waals surface area contributed by atoms with E-state index in [2.05, 4.69) is 4.98 Å². The third-order valence-corrected chi connectivity index (χ3v) is 3.47. The van der Waals surface area contributed by atoms with Gasteiger partial charge in [0.25, 0.3) is 5.56 Å². The number of ether oxygens (including phenoxy) is 3. The van der Waals surface area contributed by atoms with E-state index in [-0.39, 0.29) is 18.6 Å². The molecule has 3 unspecified atom stereocenters. The van der Waals surface area contributed by atoms with Gasteiger partial charge in [-0.2, -0.15) is 0 Å². The van der Waals surface area contributed by atoms with E-state index in [1.807, 2.05) is 0 Å². The molecule has 10 heteroatoms. The predicted octanol–water partition coefficient (Wildman–Crippen LogP) is -1.19. The maximum absolute atomic E-state index is 11.9. The van der Waals surface area contributed by atoms with E-state index in [0.717, 1.165) is 4.57 Å². The highest BCUT2D eigenvalue weighted by Gasteiger charge is 2.39. The minimum atomic E-state index is -0.843. The van der Waals surface area contributed by atoms with Crippen molar-refractivity contribution in [1.82, 2.24) is 9.55 Å². The van der Waals surface area contributed by atoms with Gasteiger partial charge in [0.15, 0.2) is 0 Å². The van der Waals surface area contributed by atoms with Gasteiger partial charge in [0.05, 0.1) is 12.2 Å². The van der Waals surface area contributed by atoms with Crippen molar-refractivity contribution >= 4 is 11.9 Å². The molecule has 0 spiro atoms. The van der Waals surface area contributed by atoms with Crippen LogP contribution >= 0.6 is 0 Å². The lowest BCUT2D eigenvalue weighted by molar-refractivity contribution is -0.155. The summed E-state index contributed by atoms with van der Waals surface area (Å²) in [6.45, 7) is 1.76. The SMILES string of the molecule is CC(=O)OCC1OC(n2cc(CO)c(=O)[nH]c2=O)CC1OC(C)=O. The largest absolute Gasteiger partial charge is 0.463 e. The van der Waals surface area contributed by atoms with Crippen molar-refractivity contribution in [3.05, 3.63) is 32.6 Å². The summed E-state index contributed by atoms with van der Waals surface area (Å²) in [5.74, 6) is -1.06. The normalized spacial score (nSPS) is 23.0. The Morgan fingerprint density at radius 1 is 1.38 bits per heavy atom. The standard InChI is InChI=1S/C14H18N2O8/c1-7(18)22-6-11-10(23-8(2)19)3-12(24-11)16-4-9(5-17)13(20)15-14(16)21/h4,10-12,17H,3,5-6H2,1-2H3,(H,15,20,21). The molecule has 1 aliphatic heterocycles. The summed E-state index contributed by atoms with van der Waals surface area (Å²) in [6.07, 6.45) is -1.00. The van der Waals surface area contributed by atoms with Crippen LogP contribution in [0.5, 0.6) is 0 Å². The third-order valence-electron chi connectivity index (χ3n) is 3.47. The molecule has 1 aliphatic rings. The van der Waals surface area contributed by atoms with Gasteiger partial charge in [0.1, 0.15) is 25.0 Å². The Hall–Kier alpha value is -2.46. The zero-order valence-electron chi connectivity index (χ0n) is 13.2. The lowest BCUT2D eigenvalue weighted by Gasteiger charge is -2.17. The van der Waals surface area contributed by atoms with E-state index in [0.29, 0.717) is 0 Å². The molecule has 1 saturated heterocycles. The van der Waals surface area contributed by atoms with E-state index in [1.165, 1.54) is 20.0 Å². The number of nitrogens with zero attached hydrogens (tertiary/aromatic N) is 1. The highest BCUT2D eigenvalue weighted by atomic mass is 16.6. The molecule has 0 amide bonds. The first-order chi connectivity index (χ1) is 11.3. The van der Waals surface area contributed by atoms with Gasteiger partial charge in [-0.1, -0.05) is 0 Å². The zero-order chi connectivity index (χ0) is 17.9. The van der Waals surface area contributed by atoms with Gasteiger partial charge in [-0.3, -0.25) is 23.9 Å². The van der Waals surface area contributed by atoms with E-state index in [4.69, 9.17) is 19.3 Å². The molecule has 2 heterocycles. The number of aliphatic hydroxyl groups excluding tert-OH is 1. The lowest BCUT2D eigenvalue weighted by Crippen LogP contribution is -2.34. The number of hydrogen-bond donors (Lipinski definition) is 2. The molecule has 2 N–H and O–H groups in total. The van der Waals surface area contributed by atoms with Gasteiger partial charge in [-0.15, -0.1) is 0 Å². The van der Waals surface area contributed by atoms with Crippen molar-refractivity contribution < 1.29 is 28.9 Å². The molecule has 1 fully saturated rings. The molecule has 1 aromatic heterocycles. The number of nitrogens with one attached hydrogen (secondary N) is 1. The Morgan fingerprint density at radius 3 is 2.67 bits per heavy atom. The molecule has 0 saturated carbocycles. The van der Waals surface area contributed by atoms with Crippen molar-refractivity contribution in [3.8, 4) is 0 Å². The van der Waals surface area contributed by atoms with E-state index in [9.17, 15) is 19.2 Å². The number of aliphatic hydroxyl groups is 1. The fraction of sp³-hybridized carbons (Fsp3) is 0.571. The van der Waals surface area contributed by atoms with Crippen molar-refractivity contribution in [2.24, 2.45) is 0 Å². The van der Waals surface area contributed by atoms with Gasteiger partial charge in [-0.25, -0.2) is 4.79 Å². The van der Waals surface area contributed by atoms with Gasteiger partial charge >= 0.3 is 17.6 Å². The smallest absolute Gasteiger partial charge is 0.330 e. The summed E-state index contributed by atoms with van der Waals surface area (Å²) in [6, 6.07) is 0. The maximum Gasteiger partial charge on any atom is 0.330 e. The van der Waals surface area contributed by atoms with Crippen LogP contribution in [-0.2, 0) is 30.4 Å². The van der Waals surface area contributed by atoms with Crippen molar-refractivity contribution in [1.29, 1.82) is 0 Å². The Morgan fingerprint density at radius 2 is 2.08 bits per heavy atom. The number of carbonyl (C=O) groups excluding carboxylic acids is 2. The molecule has 2 rings (SSSR count). The van der Waals surface area contributed by atoms with Crippen LogP contribution in [0.3, 0.4) is 0 Å². The molecule has 132 valence electrons. The monoisotopic (exact) mass is 342 g/mol. The van der Waals surface area contributed by atoms with Crippen LogP contribution < -0.4 is 11.2 Å². The molecule has 0 aliphatic carbocycles. The maximum atomic E-state index is 11.9. The molecule has 3 atom stereocenters. The van der Waals surface area contributed by atoms with Crippen LogP contribution in [0, 0.1) is 0 Å². The highest BCUT2D eigenvalue weighted by Crippen LogP contribution is 2.30. The number of esters is 2. The summed E-state index contributed by atoms with van der Waals surface area (Å²) < 4.78 is 16.7. The highest BCUT2D eigenvalue weighted by molar-refractivity contribution is 5.66. The van der Waals surface area contributed by atoms with Crippen molar-refractivity contribution in [2.75, 3.05) is 6.61 Å². The molecule has 0 bridgehead atoms. The van der Waals surface area contributed by atoms with Crippen molar-refractivity contribution in [2.45, 2.75) is 45.3 Å². The zero-order valence-corrected chi connectivity index (χ0v) is 13.2. The van der Waals surface area contributed by atoms with Crippen LogP contribution in [0.1, 0.15) is 32.1 Å².